The Morgan fingerprint density at radius 2 is 1.76 bits per heavy atom. The lowest BCUT2D eigenvalue weighted by Crippen LogP contribution is -2.39. The van der Waals surface area contributed by atoms with E-state index in [0.717, 1.165) is 23.2 Å². The van der Waals surface area contributed by atoms with Crippen molar-refractivity contribution in [2.24, 2.45) is 0 Å². The first-order chi connectivity index (χ1) is 17.9. The number of furan rings is 1. The highest BCUT2D eigenvalue weighted by atomic mass is 16.5. The van der Waals surface area contributed by atoms with E-state index < -0.39 is 0 Å². The Morgan fingerprint density at radius 1 is 1.00 bits per heavy atom. The molecule has 3 aromatic carbocycles. The zero-order chi connectivity index (χ0) is 25.9. The second-order valence-corrected chi connectivity index (χ2v) is 9.39. The van der Waals surface area contributed by atoms with Gasteiger partial charge in [-0.2, -0.15) is 0 Å². The number of amides is 2. The fraction of sp³-hybridized carbons (Fsp3) is 0.226. The summed E-state index contributed by atoms with van der Waals surface area (Å²) >= 11 is 0. The Morgan fingerprint density at radius 3 is 2.49 bits per heavy atom. The van der Waals surface area contributed by atoms with E-state index in [1.165, 1.54) is 11.1 Å². The number of nitrogens with zero attached hydrogens (tertiary/aromatic N) is 2. The predicted octanol–water partition coefficient (Wildman–Crippen LogP) is 5.94. The summed E-state index contributed by atoms with van der Waals surface area (Å²) < 4.78 is 11.9. The highest BCUT2D eigenvalue weighted by Gasteiger charge is 2.31. The number of hydrogen-bond donors (Lipinski definition) is 0. The Hall–Kier alpha value is -4.32. The fourth-order valence-electron chi connectivity index (χ4n) is 4.79. The molecule has 1 aromatic heterocycles. The number of hydrogen-bond acceptors (Lipinski definition) is 4. The third-order valence-electron chi connectivity index (χ3n) is 6.84. The molecule has 0 bridgehead atoms. The van der Waals surface area contributed by atoms with Gasteiger partial charge in [-0.05, 0) is 66.4 Å². The molecule has 6 heteroatoms. The van der Waals surface area contributed by atoms with Crippen LogP contribution in [0.3, 0.4) is 0 Å². The molecule has 1 aliphatic rings. The van der Waals surface area contributed by atoms with Crippen LogP contribution in [0.1, 0.15) is 51.5 Å². The molecule has 0 saturated heterocycles. The summed E-state index contributed by atoms with van der Waals surface area (Å²) in [6.07, 6.45) is 0.802. The van der Waals surface area contributed by atoms with Crippen molar-refractivity contribution in [3.05, 3.63) is 119 Å². The summed E-state index contributed by atoms with van der Waals surface area (Å²) in [4.78, 5) is 28.8. The average Bonchev–Trinajstić information content (AvgIpc) is 3.40. The first-order valence-electron chi connectivity index (χ1n) is 12.4. The van der Waals surface area contributed by atoms with Crippen molar-refractivity contribution in [3.63, 3.8) is 0 Å². The summed E-state index contributed by atoms with van der Waals surface area (Å²) in [7, 11) is 1.72. The Bertz CT molecular complexity index is 1410. The van der Waals surface area contributed by atoms with Crippen LogP contribution in [0.5, 0.6) is 5.75 Å². The van der Waals surface area contributed by atoms with Crippen LogP contribution in [0.2, 0.25) is 0 Å². The molecule has 2 amide bonds. The van der Waals surface area contributed by atoms with Gasteiger partial charge >= 0.3 is 0 Å². The Kier molecular flexibility index (Phi) is 6.82. The highest BCUT2D eigenvalue weighted by Crippen LogP contribution is 2.37. The molecule has 6 nitrogen and oxygen atoms in total. The first kappa shape index (κ1) is 24.4. The number of carbonyl (C=O) groups excluding carboxylic acids is 2. The molecule has 4 aromatic rings. The van der Waals surface area contributed by atoms with Gasteiger partial charge < -0.3 is 19.0 Å². The van der Waals surface area contributed by atoms with Gasteiger partial charge in [0.1, 0.15) is 18.1 Å². The van der Waals surface area contributed by atoms with Crippen molar-refractivity contribution in [2.45, 2.75) is 32.9 Å². The van der Waals surface area contributed by atoms with Crippen molar-refractivity contribution < 1.29 is 18.7 Å². The van der Waals surface area contributed by atoms with Crippen molar-refractivity contribution in [3.8, 4) is 5.75 Å². The number of para-hydroxylation sites is 1. The normalized spacial score (nSPS) is 14.7. The van der Waals surface area contributed by atoms with Gasteiger partial charge in [0, 0.05) is 26.2 Å². The van der Waals surface area contributed by atoms with Crippen LogP contribution < -0.4 is 9.64 Å². The lowest BCUT2D eigenvalue weighted by molar-refractivity contribution is -0.130. The monoisotopic (exact) mass is 494 g/mol. The van der Waals surface area contributed by atoms with Gasteiger partial charge in [-0.15, -0.1) is 0 Å². The SMILES string of the molecule is CC(=O)N1CCc2ccc(OCc3ccc(C(=O)N(C)c4ccccc4)o3)cc2C1c1ccc(C)cc1. The number of aryl methyl sites for hydroxylation is 1. The molecule has 5 rings (SSSR count). The minimum absolute atomic E-state index is 0.0517. The van der Waals surface area contributed by atoms with Gasteiger partial charge in [0.2, 0.25) is 5.91 Å². The van der Waals surface area contributed by atoms with Crippen LogP contribution >= 0.6 is 0 Å². The minimum atomic E-state index is -0.225. The van der Waals surface area contributed by atoms with E-state index in [4.69, 9.17) is 9.15 Å². The van der Waals surface area contributed by atoms with Crippen LogP contribution in [0.25, 0.3) is 0 Å². The maximum absolute atomic E-state index is 12.8. The maximum atomic E-state index is 12.8. The molecule has 2 heterocycles. The quantitative estimate of drug-likeness (QED) is 0.333. The van der Waals surface area contributed by atoms with Crippen molar-refractivity contribution in [1.82, 2.24) is 4.90 Å². The topological polar surface area (TPSA) is 63.0 Å². The number of rotatable bonds is 6. The number of benzene rings is 3. The average molecular weight is 495 g/mol. The highest BCUT2D eigenvalue weighted by molar-refractivity contribution is 6.03. The zero-order valence-corrected chi connectivity index (χ0v) is 21.3. The molecule has 1 unspecified atom stereocenters. The molecule has 1 aliphatic heterocycles. The third kappa shape index (κ3) is 5.14. The van der Waals surface area contributed by atoms with Crippen molar-refractivity contribution in [1.29, 1.82) is 0 Å². The molecule has 0 aliphatic carbocycles. The van der Waals surface area contributed by atoms with Crippen LogP contribution in [-0.2, 0) is 17.8 Å². The Labute approximate surface area is 217 Å². The van der Waals surface area contributed by atoms with E-state index in [0.29, 0.717) is 18.1 Å². The summed E-state index contributed by atoms with van der Waals surface area (Å²) in [5.74, 6) is 1.33. The number of fused-ring (bicyclic) bond motifs is 1. The number of carbonyl (C=O) groups is 2. The van der Waals surface area contributed by atoms with Gasteiger partial charge in [-0.25, -0.2) is 0 Å². The lowest BCUT2D eigenvalue weighted by Gasteiger charge is -2.37. The second-order valence-electron chi connectivity index (χ2n) is 9.39. The van der Waals surface area contributed by atoms with E-state index >= 15 is 0 Å². The molecule has 1 atom stereocenters. The second kappa shape index (κ2) is 10.3. The van der Waals surface area contributed by atoms with Crippen LogP contribution in [0.15, 0.2) is 89.3 Å². The van der Waals surface area contributed by atoms with E-state index in [1.54, 1.807) is 31.0 Å². The maximum Gasteiger partial charge on any atom is 0.293 e. The fourth-order valence-corrected chi connectivity index (χ4v) is 4.79. The van der Waals surface area contributed by atoms with E-state index in [2.05, 4.69) is 37.3 Å². The van der Waals surface area contributed by atoms with Gasteiger partial charge in [-0.3, -0.25) is 9.59 Å². The molecule has 0 radical (unpaired) electrons. The van der Waals surface area contributed by atoms with Crippen LogP contribution in [-0.4, -0.2) is 30.3 Å². The summed E-state index contributed by atoms with van der Waals surface area (Å²) in [5.41, 5.74) is 5.33. The van der Waals surface area contributed by atoms with Gasteiger partial charge in [0.15, 0.2) is 5.76 Å². The zero-order valence-electron chi connectivity index (χ0n) is 21.3. The summed E-state index contributed by atoms with van der Waals surface area (Å²) in [6.45, 7) is 4.55. The van der Waals surface area contributed by atoms with Crippen LogP contribution in [0.4, 0.5) is 5.69 Å². The smallest absolute Gasteiger partial charge is 0.293 e. The molecule has 37 heavy (non-hydrogen) atoms. The molecule has 0 spiro atoms. The molecular weight excluding hydrogens is 464 g/mol. The van der Waals surface area contributed by atoms with Gasteiger partial charge in [0.05, 0.1) is 6.04 Å². The lowest BCUT2D eigenvalue weighted by atomic mass is 9.87. The number of anilines is 1. The largest absolute Gasteiger partial charge is 0.486 e. The van der Waals surface area contributed by atoms with Crippen molar-refractivity contribution >= 4 is 17.5 Å². The Balaban J connectivity index is 1.34. The predicted molar refractivity (Wildman–Crippen MR) is 143 cm³/mol. The molecule has 0 fully saturated rings. The molecule has 0 saturated carbocycles. The molecule has 0 N–H and O–H groups in total. The molecular formula is C31H30N2O4. The van der Waals surface area contributed by atoms with E-state index in [-0.39, 0.29) is 30.2 Å². The summed E-state index contributed by atoms with van der Waals surface area (Å²) in [5, 5.41) is 0. The van der Waals surface area contributed by atoms with Gasteiger partial charge in [0.25, 0.3) is 5.91 Å². The third-order valence-corrected chi connectivity index (χ3v) is 6.84. The van der Waals surface area contributed by atoms with E-state index in [9.17, 15) is 9.59 Å². The van der Waals surface area contributed by atoms with Gasteiger partial charge in [-0.1, -0.05) is 54.1 Å². The number of ether oxygens (including phenoxy) is 1. The van der Waals surface area contributed by atoms with Crippen LogP contribution in [0, 0.1) is 6.92 Å². The van der Waals surface area contributed by atoms with E-state index in [1.807, 2.05) is 47.4 Å². The van der Waals surface area contributed by atoms with Crippen molar-refractivity contribution in [2.75, 3.05) is 18.5 Å². The standard InChI is InChI=1S/C31H30N2O4/c1-21-9-11-24(12-10-21)30-28-19-26(14-13-23(28)17-18-33(30)22(2)34)36-20-27-15-16-29(37-27)31(35)32(3)25-7-5-4-6-8-25/h4-16,19,30H,17-18,20H2,1-3H3. The molecule has 188 valence electrons. The minimum Gasteiger partial charge on any atom is -0.486 e. The first-order valence-corrected chi connectivity index (χ1v) is 12.4. The summed E-state index contributed by atoms with van der Waals surface area (Å²) in [6, 6.07) is 27.1.